The molecule has 2 saturated heterocycles. The number of amides is 3. The zero-order valence-corrected chi connectivity index (χ0v) is 19.2. The monoisotopic (exact) mass is 506 g/mol. The van der Waals surface area contributed by atoms with E-state index in [1.165, 1.54) is 11.0 Å². The summed E-state index contributed by atoms with van der Waals surface area (Å²) in [7, 11) is 0. The summed E-state index contributed by atoms with van der Waals surface area (Å²) in [6.45, 7) is -0.270. The van der Waals surface area contributed by atoms with Crippen LogP contribution in [0.1, 0.15) is 0 Å². The number of benzene rings is 2. The normalized spacial score (nSPS) is 27.2. The largest absolute Gasteiger partial charge is 0.482 e. The van der Waals surface area contributed by atoms with E-state index in [1.54, 1.807) is 48.6 Å². The number of ether oxygens (including phenoxy) is 2. The van der Waals surface area contributed by atoms with Crippen LogP contribution in [0.15, 0.2) is 54.6 Å². The molecule has 0 aliphatic carbocycles. The SMILES string of the molecule is O=C(COc1ccc(Cl)cc1Cl)NCC12C=CC(O1)C1C(=O)N(c3ccc(Cl)cc3)C(=O)C12. The first kappa shape index (κ1) is 22.2. The molecule has 2 aromatic carbocycles. The number of carbonyl (C=O) groups is 3. The molecule has 2 bridgehead atoms. The number of hydrogen-bond donors (Lipinski definition) is 1. The number of nitrogens with zero attached hydrogens (tertiary/aromatic N) is 1. The molecule has 170 valence electrons. The molecule has 7 nitrogen and oxygen atoms in total. The van der Waals surface area contributed by atoms with Gasteiger partial charge in [0.1, 0.15) is 11.4 Å². The molecule has 0 saturated carbocycles. The third-order valence-corrected chi connectivity index (χ3v) is 6.84. The topological polar surface area (TPSA) is 84.9 Å². The Hall–Kier alpha value is -2.58. The predicted molar refractivity (Wildman–Crippen MR) is 123 cm³/mol. The highest BCUT2D eigenvalue weighted by atomic mass is 35.5. The Bertz CT molecular complexity index is 1190. The molecule has 5 rings (SSSR count). The molecule has 0 spiro atoms. The second-order valence-corrected chi connectivity index (χ2v) is 9.31. The highest BCUT2D eigenvalue weighted by molar-refractivity contribution is 6.35. The Labute approximate surface area is 204 Å². The minimum absolute atomic E-state index is 0.0190. The molecular formula is C23H17Cl3N2O5. The molecule has 0 radical (unpaired) electrons. The van der Waals surface area contributed by atoms with Crippen molar-refractivity contribution in [1.29, 1.82) is 0 Å². The van der Waals surface area contributed by atoms with Crippen LogP contribution in [-0.4, -0.2) is 42.6 Å². The van der Waals surface area contributed by atoms with Gasteiger partial charge in [0, 0.05) is 10.0 Å². The molecule has 10 heteroatoms. The lowest BCUT2D eigenvalue weighted by Crippen LogP contribution is -2.49. The lowest BCUT2D eigenvalue weighted by Gasteiger charge is -2.29. The van der Waals surface area contributed by atoms with Crippen LogP contribution in [-0.2, 0) is 19.1 Å². The van der Waals surface area contributed by atoms with E-state index in [0.717, 1.165) is 0 Å². The highest BCUT2D eigenvalue weighted by Gasteiger charge is 2.67. The first-order chi connectivity index (χ1) is 15.8. The highest BCUT2D eigenvalue weighted by Crippen LogP contribution is 2.52. The summed E-state index contributed by atoms with van der Waals surface area (Å²) in [5, 5.41) is 3.99. The number of carbonyl (C=O) groups excluding carboxylic acids is 3. The van der Waals surface area contributed by atoms with Gasteiger partial charge in [-0.15, -0.1) is 0 Å². The quantitative estimate of drug-likeness (QED) is 0.477. The average molecular weight is 508 g/mol. The summed E-state index contributed by atoms with van der Waals surface area (Å²) in [5.74, 6) is -2.16. The Kier molecular flexibility index (Phi) is 5.61. The second kappa shape index (κ2) is 8.33. The molecule has 3 aliphatic heterocycles. The fourth-order valence-corrected chi connectivity index (χ4v) is 5.16. The number of imide groups is 1. The average Bonchev–Trinajstić information content (AvgIpc) is 3.43. The van der Waals surface area contributed by atoms with E-state index in [2.05, 4.69) is 5.32 Å². The molecule has 3 amide bonds. The third-order valence-electron chi connectivity index (χ3n) is 6.05. The van der Waals surface area contributed by atoms with Crippen molar-refractivity contribution in [1.82, 2.24) is 5.32 Å². The summed E-state index contributed by atoms with van der Waals surface area (Å²) in [6.07, 6.45) is 3.00. The van der Waals surface area contributed by atoms with Crippen molar-refractivity contribution in [2.75, 3.05) is 18.1 Å². The molecule has 4 unspecified atom stereocenters. The van der Waals surface area contributed by atoms with Crippen molar-refractivity contribution in [3.8, 4) is 5.75 Å². The molecule has 3 heterocycles. The number of anilines is 1. The van der Waals surface area contributed by atoms with Gasteiger partial charge < -0.3 is 14.8 Å². The summed E-state index contributed by atoms with van der Waals surface area (Å²) < 4.78 is 11.5. The van der Waals surface area contributed by atoms with Crippen molar-refractivity contribution in [3.63, 3.8) is 0 Å². The number of halogens is 3. The fraction of sp³-hybridized carbons (Fsp3) is 0.261. The molecule has 2 aromatic rings. The zero-order valence-electron chi connectivity index (χ0n) is 17.0. The summed E-state index contributed by atoms with van der Waals surface area (Å²) >= 11 is 17.8. The number of fused-ring (bicyclic) bond motifs is 5. The van der Waals surface area contributed by atoms with Crippen molar-refractivity contribution in [2.24, 2.45) is 11.8 Å². The van der Waals surface area contributed by atoms with Crippen LogP contribution >= 0.6 is 34.8 Å². The van der Waals surface area contributed by atoms with Gasteiger partial charge in [-0.2, -0.15) is 0 Å². The van der Waals surface area contributed by atoms with Crippen LogP contribution < -0.4 is 15.0 Å². The second-order valence-electron chi connectivity index (χ2n) is 8.03. The standard InChI is InChI=1S/C23H17Cl3N2O5/c24-12-1-4-14(5-2-12)28-21(30)19-17-7-8-23(33-17,20(19)22(28)31)11-27-18(29)10-32-16-6-3-13(25)9-15(16)26/h1-9,17,19-20H,10-11H2,(H,27,29). The van der Waals surface area contributed by atoms with Gasteiger partial charge in [-0.05, 0) is 42.5 Å². The van der Waals surface area contributed by atoms with Crippen LogP contribution in [0.5, 0.6) is 5.75 Å². The minimum Gasteiger partial charge on any atom is -0.482 e. The van der Waals surface area contributed by atoms with E-state index in [0.29, 0.717) is 21.5 Å². The first-order valence-corrected chi connectivity index (χ1v) is 11.3. The third kappa shape index (κ3) is 3.79. The van der Waals surface area contributed by atoms with Crippen LogP contribution in [0.25, 0.3) is 0 Å². The molecule has 33 heavy (non-hydrogen) atoms. The van der Waals surface area contributed by atoms with Gasteiger partial charge in [-0.1, -0.05) is 47.0 Å². The smallest absolute Gasteiger partial charge is 0.258 e. The van der Waals surface area contributed by atoms with E-state index in [4.69, 9.17) is 44.3 Å². The fourth-order valence-electron chi connectivity index (χ4n) is 4.57. The van der Waals surface area contributed by atoms with Crippen LogP contribution in [0.4, 0.5) is 5.69 Å². The number of nitrogens with one attached hydrogen (secondary N) is 1. The lowest BCUT2D eigenvalue weighted by molar-refractivity contribution is -0.129. The first-order valence-electron chi connectivity index (χ1n) is 10.1. The molecule has 3 aliphatic rings. The van der Waals surface area contributed by atoms with Crippen molar-refractivity contribution in [3.05, 3.63) is 69.7 Å². The molecule has 4 atom stereocenters. The van der Waals surface area contributed by atoms with E-state index in [-0.39, 0.29) is 30.0 Å². The molecule has 1 N–H and O–H groups in total. The summed E-state index contributed by atoms with van der Waals surface area (Å²) in [5.41, 5.74) is -0.646. The van der Waals surface area contributed by atoms with Crippen LogP contribution in [0, 0.1) is 11.8 Å². The van der Waals surface area contributed by atoms with Gasteiger partial charge in [0.15, 0.2) is 6.61 Å². The molecule has 0 aromatic heterocycles. The van der Waals surface area contributed by atoms with E-state index >= 15 is 0 Å². The van der Waals surface area contributed by atoms with E-state index in [9.17, 15) is 14.4 Å². The number of hydrogen-bond acceptors (Lipinski definition) is 5. The minimum atomic E-state index is -1.10. The van der Waals surface area contributed by atoms with Gasteiger partial charge >= 0.3 is 0 Å². The van der Waals surface area contributed by atoms with E-state index in [1.807, 2.05) is 0 Å². The number of rotatable bonds is 6. The van der Waals surface area contributed by atoms with Crippen LogP contribution in [0.3, 0.4) is 0 Å². The van der Waals surface area contributed by atoms with Crippen molar-refractivity contribution >= 4 is 58.2 Å². The maximum atomic E-state index is 13.3. The van der Waals surface area contributed by atoms with E-state index < -0.39 is 29.4 Å². The Morgan fingerprint density at radius 1 is 1.06 bits per heavy atom. The van der Waals surface area contributed by atoms with Gasteiger partial charge in [0.05, 0.1) is 35.2 Å². The maximum absolute atomic E-state index is 13.3. The van der Waals surface area contributed by atoms with Gasteiger partial charge in [0.2, 0.25) is 11.8 Å². The van der Waals surface area contributed by atoms with Gasteiger partial charge in [-0.3, -0.25) is 14.4 Å². The lowest BCUT2D eigenvalue weighted by atomic mass is 9.77. The molecular weight excluding hydrogens is 491 g/mol. The summed E-state index contributed by atoms with van der Waals surface area (Å²) in [6, 6.07) is 11.2. The van der Waals surface area contributed by atoms with Crippen molar-refractivity contribution in [2.45, 2.75) is 11.7 Å². The van der Waals surface area contributed by atoms with Gasteiger partial charge in [0.25, 0.3) is 5.91 Å². The van der Waals surface area contributed by atoms with Crippen LogP contribution in [0.2, 0.25) is 15.1 Å². The Morgan fingerprint density at radius 2 is 1.79 bits per heavy atom. The Morgan fingerprint density at radius 3 is 2.52 bits per heavy atom. The maximum Gasteiger partial charge on any atom is 0.258 e. The zero-order chi connectivity index (χ0) is 23.3. The van der Waals surface area contributed by atoms with Crippen molar-refractivity contribution < 1.29 is 23.9 Å². The predicted octanol–water partition coefficient (Wildman–Crippen LogP) is 3.66. The molecule has 2 fully saturated rings. The summed E-state index contributed by atoms with van der Waals surface area (Å²) in [4.78, 5) is 40.0. The van der Waals surface area contributed by atoms with Gasteiger partial charge in [-0.25, -0.2) is 4.90 Å². The Balaban J connectivity index is 1.27.